The molecule has 0 bridgehead atoms. The molecule has 0 aliphatic rings. The fourth-order valence-electron chi connectivity index (χ4n) is 1.62. The Hall–Kier alpha value is -0.560. The van der Waals surface area contributed by atoms with E-state index in [9.17, 15) is 4.79 Å². The zero-order valence-corrected chi connectivity index (χ0v) is 15.1. The summed E-state index contributed by atoms with van der Waals surface area (Å²) in [4.78, 5) is 12.7. The zero-order valence-electron chi connectivity index (χ0n) is 10.4. The predicted octanol–water partition coefficient (Wildman–Crippen LogP) is 4.87. The second-order valence-corrected chi connectivity index (χ2v) is 7.47. The molecule has 7 heteroatoms. The van der Waals surface area contributed by atoms with Crippen LogP contribution in [0.25, 0.3) is 0 Å². The van der Waals surface area contributed by atoms with Gasteiger partial charge in [0.05, 0.1) is 15.8 Å². The second kappa shape index (κ2) is 6.93. The summed E-state index contributed by atoms with van der Waals surface area (Å²) in [5.41, 5.74) is 0.764. The predicted molar refractivity (Wildman–Crippen MR) is 88.9 cm³/mol. The monoisotopic (exact) mass is 437 g/mol. The molecule has 1 heterocycles. The van der Waals surface area contributed by atoms with E-state index >= 15 is 0 Å². The lowest BCUT2D eigenvalue weighted by Gasteiger charge is -2.10. The highest BCUT2D eigenvalue weighted by atomic mass is 79.9. The second-order valence-electron chi connectivity index (χ2n) is 3.84. The highest BCUT2D eigenvalue weighted by Crippen LogP contribution is 2.32. The van der Waals surface area contributed by atoms with E-state index in [2.05, 4.69) is 37.2 Å². The molecule has 106 valence electrons. The maximum atomic E-state index is 12.1. The molecule has 1 aromatic carbocycles. The Morgan fingerprint density at radius 2 is 2.20 bits per heavy atom. The normalized spacial score (nSPS) is 10.4. The Kier molecular flexibility index (Phi) is 5.49. The van der Waals surface area contributed by atoms with E-state index in [0.717, 1.165) is 13.8 Å². The minimum Gasteiger partial charge on any atom is -0.496 e. The molecule has 2 rings (SSSR count). The number of thiophene rings is 1. The van der Waals surface area contributed by atoms with Crippen molar-refractivity contribution in [2.45, 2.75) is 6.54 Å². The lowest BCUT2D eigenvalue weighted by Crippen LogP contribution is -2.22. The van der Waals surface area contributed by atoms with Gasteiger partial charge in [0.15, 0.2) is 0 Å². The lowest BCUT2D eigenvalue weighted by atomic mass is 10.2. The molecular formula is C13H10Br2ClNO2S. The first kappa shape index (κ1) is 15.8. The number of amides is 1. The van der Waals surface area contributed by atoms with Crippen molar-refractivity contribution in [1.82, 2.24) is 5.32 Å². The van der Waals surface area contributed by atoms with Crippen LogP contribution in [0.3, 0.4) is 0 Å². The molecule has 0 aliphatic heterocycles. The van der Waals surface area contributed by atoms with Crippen molar-refractivity contribution in [3.8, 4) is 5.75 Å². The third-order valence-electron chi connectivity index (χ3n) is 2.59. The third kappa shape index (κ3) is 3.55. The maximum Gasteiger partial charge on any atom is 0.261 e. The number of rotatable bonds is 4. The van der Waals surface area contributed by atoms with Gasteiger partial charge in [0, 0.05) is 21.6 Å². The molecular weight excluding hydrogens is 429 g/mol. The molecule has 20 heavy (non-hydrogen) atoms. The fourth-order valence-corrected chi connectivity index (χ4v) is 3.80. The van der Waals surface area contributed by atoms with Gasteiger partial charge in [0.25, 0.3) is 5.91 Å². The van der Waals surface area contributed by atoms with Crippen molar-refractivity contribution in [3.63, 3.8) is 0 Å². The molecule has 1 amide bonds. The van der Waals surface area contributed by atoms with Crippen LogP contribution in [0.15, 0.2) is 32.5 Å². The minimum absolute atomic E-state index is 0.150. The molecule has 0 spiro atoms. The number of hydrogen-bond acceptors (Lipinski definition) is 3. The SMILES string of the molecule is COc1cccc(Cl)c1CNC(=O)c1cc(Br)c(Br)s1. The maximum absolute atomic E-state index is 12.1. The summed E-state index contributed by atoms with van der Waals surface area (Å²) >= 11 is 14.2. The van der Waals surface area contributed by atoms with Crippen LogP contribution in [-0.2, 0) is 6.54 Å². The molecule has 0 saturated heterocycles. The minimum atomic E-state index is -0.150. The molecule has 0 aliphatic carbocycles. The number of carbonyl (C=O) groups excluding carboxylic acids is 1. The van der Waals surface area contributed by atoms with Gasteiger partial charge in [-0.25, -0.2) is 0 Å². The van der Waals surface area contributed by atoms with Crippen LogP contribution >= 0.6 is 54.8 Å². The fraction of sp³-hybridized carbons (Fsp3) is 0.154. The quantitative estimate of drug-likeness (QED) is 0.739. The van der Waals surface area contributed by atoms with Gasteiger partial charge in [-0.05, 0) is 50.1 Å². The summed E-state index contributed by atoms with van der Waals surface area (Å²) in [6.07, 6.45) is 0. The van der Waals surface area contributed by atoms with Gasteiger partial charge in [-0.2, -0.15) is 0 Å². The van der Waals surface area contributed by atoms with Gasteiger partial charge in [0.2, 0.25) is 0 Å². The summed E-state index contributed by atoms with van der Waals surface area (Å²) in [5, 5.41) is 3.40. The molecule has 0 unspecified atom stereocenters. The highest BCUT2D eigenvalue weighted by Gasteiger charge is 2.14. The Morgan fingerprint density at radius 3 is 2.80 bits per heavy atom. The van der Waals surface area contributed by atoms with E-state index in [4.69, 9.17) is 16.3 Å². The first-order chi connectivity index (χ1) is 9.52. The van der Waals surface area contributed by atoms with Crippen molar-refractivity contribution in [1.29, 1.82) is 0 Å². The average Bonchev–Trinajstić information content (AvgIpc) is 2.77. The highest BCUT2D eigenvalue weighted by molar-refractivity contribution is 9.13. The average molecular weight is 440 g/mol. The van der Waals surface area contributed by atoms with Crippen molar-refractivity contribution in [2.75, 3.05) is 7.11 Å². The summed E-state index contributed by atoms with van der Waals surface area (Å²) in [7, 11) is 1.57. The largest absolute Gasteiger partial charge is 0.496 e. The van der Waals surface area contributed by atoms with Crippen LogP contribution in [0.5, 0.6) is 5.75 Å². The van der Waals surface area contributed by atoms with Crippen LogP contribution in [-0.4, -0.2) is 13.0 Å². The van der Waals surface area contributed by atoms with Crippen molar-refractivity contribution < 1.29 is 9.53 Å². The van der Waals surface area contributed by atoms with Crippen molar-refractivity contribution in [3.05, 3.63) is 48.0 Å². The number of carbonyl (C=O) groups is 1. The molecule has 0 saturated carbocycles. The molecule has 0 atom stereocenters. The Labute approximate surface area is 142 Å². The first-order valence-electron chi connectivity index (χ1n) is 5.57. The summed E-state index contributed by atoms with van der Waals surface area (Å²) in [6.45, 7) is 0.314. The lowest BCUT2D eigenvalue weighted by molar-refractivity contribution is 0.0954. The van der Waals surface area contributed by atoms with Crippen molar-refractivity contribution in [2.24, 2.45) is 0 Å². The van der Waals surface area contributed by atoms with E-state index in [0.29, 0.717) is 22.2 Å². The van der Waals surface area contributed by atoms with E-state index < -0.39 is 0 Å². The molecule has 3 nitrogen and oxygen atoms in total. The summed E-state index contributed by atoms with van der Waals surface area (Å²) in [6, 6.07) is 7.16. The van der Waals surface area contributed by atoms with E-state index in [1.54, 1.807) is 25.3 Å². The van der Waals surface area contributed by atoms with E-state index in [-0.39, 0.29) is 5.91 Å². The number of nitrogens with one attached hydrogen (secondary N) is 1. The van der Waals surface area contributed by atoms with Gasteiger partial charge >= 0.3 is 0 Å². The standard InChI is InChI=1S/C13H10Br2ClNO2S/c1-19-10-4-2-3-9(16)7(10)6-17-13(18)11-5-8(14)12(15)20-11/h2-5H,6H2,1H3,(H,17,18). The third-order valence-corrected chi connectivity index (χ3v) is 6.20. The van der Waals surface area contributed by atoms with Crippen LogP contribution in [0, 0.1) is 0 Å². The molecule has 2 aromatic rings. The van der Waals surface area contributed by atoms with Gasteiger partial charge in [-0.3, -0.25) is 4.79 Å². The van der Waals surface area contributed by atoms with Crippen LogP contribution in [0.2, 0.25) is 5.02 Å². The van der Waals surface area contributed by atoms with Crippen LogP contribution in [0.4, 0.5) is 0 Å². The molecule has 1 aromatic heterocycles. The van der Waals surface area contributed by atoms with Crippen LogP contribution < -0.4 is 10.1 Å². The molecule has 0 radical (unpaired) electrons. The number of methoxy groups -OCH3 is 1. The van der Waals surface area contributed by atoms with E-state index in [1.165, 1.54) is 11.3 Å². The van der Waals surface area contributed by atoms with Gasteiger partial charge in [-0.15, -0.1) is 11.3 Å². The summed E-state index contributed by atoms with van der Waals surface area (Å²) in [5.74, 6) is 0.509. The topological polar surface area (TPSA) is 38.3 Å². The Morgan fingerprint density at radius 1 is 1.45 bits per heavy atom. The molecule has 1 N–H and O–H groups in total. The Balaban J connectivity index is 2.11. The number of halogens is 3. The number of hydrogen-bond donors (Lipinski definition) is 1. The summed E-state index contributed by atoms with van der Waals surface area (Å²) < 4.78 is 6.99. The first-order valence-corrected chi connectivity index (χ1v) is 8.35. The van der Waals surface area contributed by atoms with Gasteiger partial charge in [0.1, 0.15) is 5.75 Å². The van der Waals surface area contributed by atoms with Crippen LogP contribution in [0.1, 0.15) is 15.2 Å². The molecule has 0 fully saturated rings. The smallest absolute Gasteiger partial charge is 0.261 e. The Bertz CT molecular complexity index is 626. The zero-order chi connectivity index (χ0) is 14.7. The van der Waals surface area contributed by atoms with Gasteiger partial charge in [-0.1, -0.05) is 17.7 Å². The van der Waals surface area contributed by atoms with E-state index in [1.807, 2.05) is 6.07 Å². The van der Waals surface area contributed by atoms with Gasteiger partial charge < -0.3 is 10.1 Å². The van der Waals surface area contributed by atoms with Crippen molar-refractivity contribution >= 4 is 60.7 Å². The number of benzene rings is 1. The number of ether oxygens (including phenoxy) is 1.